The molecule has 0 aliphatic carbocycles. The van der Waals surface area contributed by atoms with Crippen LogP contribution in [-0.4, -0.2) is 35.7 Å². The van der Waals surface area contributed by atoms with Crippen LogP contribution in [0.3, 0.4) is 0 Å². The highest BCUT2D eigenvalue weighted by atomic mass is 16.6. The number of hydrogen-bond donors (Lipinski definition) is 1. The Kier molecular flexibility index (Phi) is 3.80. The van der Waals surface area contributed by atoms with Crippen LogP contribution in [-0.2, 0) is 27.2 Å². The number of rotatable bonds is 2. The highest BCUT2D eigenvalue weighted by Crippen LogP contribution is 2.20. The third-order valence-corrected chi connectivity index (χ3v) is 2.74. The minimum atomic E-state index is -0.631. The lowest BCUT2D eigenvalue weighted by Crippen LogP contribution is -2.44. The van der Waals surface area contributed by atoms with E-state index in [0.29, 0.717) is 24.4 Å². The maximum atomic E-state index is 12.0. The van der Waals surface area contributed by atoms with E-state index in [2.05, 4.69) is 15.0 Å². The van der Waals surface area contributed by atoms with Crippen molar-refractivity contribution in [2.75, 3.05) is 7.11 Å². The number of esters is 2. The van der Waals surface area contributed by atoms with Crippen molar-refractivity contribution in [2.45, 2.75) is 45.4 Å². The standard InChI is InChI=1S/C13H18N2O5/c1-13(2,3)20-11(16)8-5-7-9(6-14-8)19-10(15-7)12(17)18-4/h8,14H,5-6H2,1-4H3/t8-/m1/s1. The number of oxazole rings is 1. The molecule has 1 aliphatic heterocycles. The lowest BCUT2D eigenvalue weighted by molar-refractivity contribution is -0.157. The van der Waals surface area contributed by atoms with Crippen LogP contribution in [0, 0.1) is 0 Å². The van der Waals surface area contributed by atoms with Gasteiger partial charge >= 0.3 is 17.8 Å². The molecule has 0 spiro atoms. The lowest BCUT2D eigenvalue weighted by Gasteiger charge is -2.26. The van der Waals surface area contributed by atoms with Crippen molar-refractivity contribution < 1.29 is 23.5 Å². The van der Waals surface area contributed by atoms with Crippen LogP contribution >= 0.6 is 0 Å². The van der Waals surface area contributed by atoms with Gasteiger partial charge in [0.25, 0.3) is 0 Å². The number of carbonyl (C=O) groups is 2. The van der Waals surface area contributed by atoms with Crippen molar-refractivity contribution in [1.82, 2.24) is 10.3 Å². The quantitative estimate of drug-likeness (QED) is 0.803. The molecule has 0 fully saturated rings. The van der Waals surface area contributed by atoms with E-state index in [9.17, 15) is 9.59 Å². The highest BCUT2D eigenvalue weighted by Gasteiger charge is 2.32. The second-order valence-corrected chi connectivity index (χ2v) is 5.55. The molecule has 7 nitrogen and oxygen atoms in total. The second kappa shape index (κ2) is 5.24. The molecule has 0 unspecified atom stereocenters. The summed E-state index contributed by atoms with van der Waals surface area (Å²) in [5.74, 6) is -0.520. The number of methoxy groups -OCH3 is 1. The van der Waals surface area contributed by atoms with Crippen molar-refractivity contribution in [2.24, 2.45) is 0 Å². The molecule has 0 saturated heterocycles. The van der Waals surface area contributed by atoms with Gasteiger partial charge in [-0.15, -0.1) is 0 Å². The maximum Gasteiger partial charge on any atom is 0.394 e. The minimum Gasteiger partial charge on any atom is -0.462 e. The normalized spacial score (nSPS) is 18.3. The molecule has 0 radical (unpaired) electrons. The molecule has 1 aromatic heterocycles. The Morgan fingerprint density at radius 1 is 1.40 bits per heavy atom. The Labute approximate surface area is 116 Å². The third-order valence-electron chi connectivity index (χ3n) is 2.74. The summed E-state index contributed by atoms with van der Waals surface area (Å²) in [4.78, 5) is 27.4. The zero-order chi connectivity index (χ0) is 14.9. The molecule has 0 saturated carbocycles. The molecule has 1 atom stereocenters. The van der Waals surface area contributed by atoms with Crippen LogP contribution in [0.25, 0.3) is 0 Å². The molecular weight excluding hydrogens is 264 g/mol. The van der Waals surface area contributed by atoms with Crippen LogP contribution in [0.1, 0.15) is 42.9 Å². The SMILES string of the molecule is COC(=O)c1nc2c(o1)CN[C@@H](C(=O)OC(C)(C)C)C2. The fourth-order valence-electron chi connectivity index (χ4n) is 1.88. The summed E-state index contributed by atoms with van der Waals surface area (Å²) in [6, 6.07) is -0.489. The molecular formula is C13H18N2O5. The summed E-state index contributed by atoms with van der Waals surface area (Å²) >= 11 is 0. The Bertz CT molecular complexity index is 529. The number of fused-ring (bicyclic) bond motifs is 1. The number of carbonyl (C=O) groups excluding carboxylic acids is 2. The largest absolute Gasteiger partial charge is 0.462 e. The summed E-state index contributed by atoms with van der Waals surface area (Å²) in [7, 11) is 1.26. The molecule has 1 N–H and O–H groups in total. The van der Waals surface area contributed by atoms with E-state index in [0.717, 1.165) is 0 Å². The van der Waals surface area contributed by atoms with Gasteiger partial charge in [0.2, 0.25) is 0 Å². The van der Waals surface area contributed by atoms with Gasteiger partial charge in [-0.3, -0.25) is 10.1 Å². The van der Waals surface area contributed by atoms with E-state index < -0.39 is 17.6 Å². The van der Waals surface area contributed by atoms with Crippen LogP contribution in [0.15, 0.2) is 4.42 Å². The van der Waals surface area contributed by atoms with Gasteiger partial charge in [0.1, 0.15) is 17.4 Å². The Hall–Kier alpha value is -1.89. The first-order valence-electron chi connectivity index (χ1n) is 6.33. The summed E-state index contributed by atoms with van der Waals surface area (Å²) in [5.41, 5.74) is 0.0417. The lowest BCUT2D eigenvalue weighted by atomic mass is 10.1. The highest BCUT2D eigenvalue weighted by molar-refractivity contribution is 5.84. The molecule has 0 bridgehead atoms. The average Bonchev–Trinajstić information content (AvgIpc) is 2.78. The average molecular weight is 282 g/mol. The first-order chi connectivity index (χ1) is 9.30. The van der Waals surface area contributed by atoms with Crippen LogP contribution in [0.2, 0.25) is 0 Å². The van der Waals surface area contributed by atoms with E-state index in [1.165, 1.54) is 7.11 Å². The molecule has 110 valence electrons. The van der Waals surface area contributed by atoms with Crippen LogP contribution in [0.5, 0.6) is 0 Å². The van der Waals surface area contributed by atoms with Gasteiger partial charge in [-0.1, -0.05) is 0 Å². The molecule has 7 heteroatoms. The van der Waals surface area contributed by atoms with E-state index in [-0.39, 0.29) is 11.9 Å². The fourth-order valence-corrected chi connectivity index (χ4v) is 1.88. The first-order valence-corrected chi connectivity index (χ1v) is 6.33. The molecule has 2 rings (SSSR count). The number of nitrogens with zero attached hydrogens (tertiary/aromatic N) is 1. The zero-order valence-corrected chi connectivity index (χ0v) is 12.0. The van der Waals surface area contributed by atoms with Gasteiger partial charge in [0.05, 0.1) is 19.3 Å². The van der Waals surface area contributed by atoms with E-state index >= 15 is 0 Å². The molecule has 0 amide bonds. The summed E-state index contributed by atoms with van der Waals surface area (Å²) in [6.45, 7) is 5.75. The smallest absolute Gasteiger partial charge is 0.394 e. The predicted octanol–water partition coefficient (Wildman–Crippen LogP) is 0.817. The third kappa shape index (κ3) is 3.16. The number of nitrogens with one attached hydrogen (secondary N) is 1. The zero-order valence-electron chi connectivity index (χ0n) is 12.0. The van der Waals surface area contributed by atoms with Crippen molar-refractivity contribution in [3.63, 3.8) is 0 Å². The Morgan fingerprint density at radius 2 is 2.10 bits per heavy atom. The predicted molar refractivity (Wildman–Crippen MR) is 68.0 cm³/mol. The van der Waals surface area contributed by atoms with Crippen molar-refractivity contribution >= 4 is 11.9 Å². The summed E-state index contributed by atoms with van der Waals surface area (Å²) < 4.78 is 15.2. The monoisotopic (exact) mass is 282 g/mol. The van der Waals surface area contributed by atoms with E-state index in [1.54, 1.807) is 0 Å². The van der Waals surface area contributed by atoms with E-state index in [4.69, 9.17) is 9.15 Å². The van der Waals surface area contributed by atoms with Gasteiger partial charge in [-0.05, 0) is 20.8 Å². The van der Waals surface area contributed by atoms with E-state index in [1.807, 2.05) is 20.8 Å². The number of ether oxygens (including phenoxy) is 2. The van der Waals surface area contributed by atoms with Gasteiger partial charge in [-0.25, -0.2) is 9.78 Å². The van der Waals surface area contributed by atoms with Crippen molar-refractivity contribution in [3.8, 4) is 0 Å². The van der Waals surface area contributed by atoms with Crippen molar-refractivity contribution in [1.29, 1.82) is 0 Å². The number of aromatic nitrogens is 1. The van der Waals surface area contributed by atoms with Gasteiger partial charge in [0, 0.05) is 6.42 Å². The number of hydrogen-bond acceptors (Lipinski definition) is 7. The summed E-state index contributed by atoms with van der Waals surface area (Å²) in [5, 5.41) is 3.01. The molecule has 20 heavy (non-hydrogen) atoms. The van der Waals surface area contributed by atoms with Gasteiger partial charge in [-0.2, -0.15) is 0 Å². The van der Waals surface area contributed by atoms with Crippen LogP contribution in [0.4, 0.5) is 0 Å². The molecule has 2 heterocycles. The molecule has 0 aromatic carbocycles. The van der Waals surface area contributed by atoms with Gasteiger partial charge in [0.15, 0.2) is 0 Å². The van der Waals surface area contributed by atoms with Gasteiger partial charge < -0.3 is 13.9 Å². The topological polar surface area (TPSA) is 90.7 Å². The molecule has 1 aliphatic rings. The minimum absolute atomic E-state index is 0.0934. The Morgan fingerprint density at radius 3 is 2.70 bits per heavy atom. The first kappa shape index (κ1) is 14.5. The maximum absolute atomic E-state index is 12.0. The summed E-state index contributed by atoms with van der Waals surface area (Å²) in [6.07, 6.45) is 0.324. The fraction of sp³-hybridized carbons (Fsp3) is 0.615. The van der Waals surface area contributed by atoms with Crippen LogP contribution < -0.4 is 5.32 Å². The molecule has 1 aromatic rings. The Balaban J connectivity index is 2.09. The second-order valence-electron chi connectivity index (χ2n) is 5.55. The van der Waals surface area contributed by atoms with Crippen molar-refractivity contribution in [3.05, 3.63) is 17.3 Å².